The Morgan fingerprint density at radius 2 is 1.81 bits per heavy atom. The van der Waals surface area contributed by atoms with Gasteiger partial charge in [0.2, 0.25) is 0 Å². The summed E-state index contributed by atoms with van der Waals surface area (Å²) in [6.07, 6.45) is 0. The molecule has 4 nitrogen and oxygen atoms in total. The van der Waals surface area contributed by atoms with E-state index in [1.54, 1.807) is 24.3 Å². The minimum atomic E-state index is -1.53. The molecule has 0 bridgehead atoms. The van der Waals surface area contributed by atoms with Crippen molar-refractivity contribution in [2.75, 3.05) is 13.2 Å². The average Bonchev–Trinajstić information content (AvgIpc) is 2.47. The first kappa shape index (κ1) is 15.3. The molecule has 110 valence electrons. The molecular formula is C15H16BFO4. The van der Waals surface area contributed by atoms with Gasteiger partial charge in [-0.05, 0) is 36.1 Å². The van der Waals surface area contributed by atoms with Crippen molar-refractivity contribution >= 4 is 12.6 Å². The summed E-state index contributed by atoms with van der Waals surface area (Å²) in [5.41, 5.74) is 1.20. The lowest BCUT2D eigenvalue weighted by atomic mass is 9.80. The van der Waals surface area contributed by atoms with Gasteiger partial charge in [0, 0.05) is 6.07 Å². The number of ether oxygens (including phenoxy) is 2. The van der Waals surface area contributed by atoms with Gasteiger partial charge in [0.05, 0.1) is 0 Å². The fraction of sp³-hybridized carbons (Fsp3) is 0.200. The number of aryl methyl sites for hydroxylation is 1. The summed E-state index contributed by atoms with van der Waals surface area (Å²) < 4.78 is 24.0. The molecule has 2 N–H and O–H groups in total. The second-order valence-electron chi connectivity index (χ2n) is 4.55. The average molecular weight is 290 g/mol. The van der Waals surface area contributed by atoms with Gasteiger partial charge in [-0.1, -0.05) is 18.2 Å². The normalized spacial score (nSPS) is 10.3. The van der Waals surface area contributed by atoms with Crippen LogP contribution >= 0.6 is 0 Å². The highest BCUT2D eigenvalue weighted by molar-refractivity contribution is 6.58. The third-order valence-electron chi connectivity index (χ3n) is 2.92. The van der Waals surface area contributed by atoms with E-state index in [2.05, 4.69) is 0 Å². The molecule has 0 fully saturated rings. The van der Waals surface area contributed by atoms with Crippen molar-refractivity contribution in [1.29, 1.82) is 0 Å². The summed E-state index contributed by atoms with van der Waals surface area (Å²) in [6, 6.07) is 10.9. The maximum atomic E-state index is 13.1. The maximum absolute atomic E-state index is 13.1. The number of rotatable bonds is 6. The van der Waals surface area contributed by atoms with Crippen LogP contribution in [0.1, 0.15) is 5.56 Å². The number of hydrogen-bond donors (Lipinski definition) is 2. The van der Waals surface area contributed by atoms with Gasteiger partial charge in [-0.3, -0.25) is 0 Å². The van der Waals surface area contributed by atoms with Crippen LogP contribution in [0.15, 0.2) is 42.5 Å². The molecule has 0 aliphatic heterocycles. The Bertz CT molecular complexity index is 604. The third-order valence-corrected chi connectivity index (χ3v) is 2.92. The van der Waals surface area contributed by atoms with E-state index >= 15 is 0 Å². The van der Waals surface area contributed by atoms with Gasteiger partial charge in [0.15, 0.2) is 0 Å². The molecule has 0 aromatic heterocycles. The van der Waals surface area contributed by atoms with E-state index in [0.717, 1.165) is 5.56 Å². The lowest BCUT2D eigenvalue weighted by Crippen LogP contribution is -2.29. The van der Waals surface area contributed by atoms with Crippen molar-refractivity contribution < 1.29 is 23.9 Å². The number of benzene rings is 2. The molecule has 0 amide bonds. The summed E-state index contributed by atoms with van der Waals surface area (Å²) in [5.74, 6) is 0.652. The third kappa shape index (κ3) is 4.48. The molecule has 2 rings (SSSR count). The van der Waals surface area contributed by atoms with E-state index in [4.69, 9.17) is 19.5 Å². The van der Waals surface area contributed by atoms with Crippen LogP contribution in [0.25, 0.3) is 0 Å². The lowest BCUT2D eigenvalue weighted by Gasteiger charge is -2.11. The van der Waals surface area contributed by atoms with Crippen LogP contribution in [-0.2, 0) is 0 Å². The first-order valence-corrected chi connectivity index (χ1v) is 6.54. The molecule has 0 unspecified atom stereocenters. The Hall–Kier alpha value is -2.05. The fourth-order valence-corrected chi connectivity index (χ4v) is 1.81. The molecule has 2 aromatic rings. The number of hydrogen-bond acceptors (Lipinski definition) is 4. The zero-order chi connectivity index (χ0) is 15.2. The summed E-state index contributed by atoms with van der Waals surface area (Å²) in [7, 11) is -1.53. The first-order chi connectivity index (χ1) is 10.1. The summed E-state index contributed by atoms with van der Waals surface area (Å²) in [5, 5.41) is 18.1. The summed E-state index contributed by atoms with van der Waals surface area (Å²) in [4.78, 5) is 0. The van der Waals surface area contributed by atoms with Crippen molar-refractivity contribution in [3.05, 3.63) is 53.8 Å². The molecule has 0 aliphatic rings. The van der Waals surface area contributed by atoms with Crippen LogP contribution < -0.4 is 14.9 Å². The molecule has 0 radical (unpaired) electrons. The van der Waals surface area contributed by atoms with E-state index in [1.165, 1.54) is 18.2 Å². The Morgan fingerprint density at radius 1 is 1.05 bits per heavy atom. The standard InChI is InChI=1S/C15H16BFO4/c1-11-5-6-13(17)10-15(11)21-8-7-20-14-4-2-3-12(9-14)16(18)19/h2-6,9-10,18-19H,7-8H2,1H3. The zero-order valence-corrected chi connectivity index (χ0v) is 11.6. The van der Waals surface area contributed by atoms with E-state index in [1.807, 2.05) is 6.92 Å². The second-order valence-corrected chi connectivity index (χ2v) is 4.55. The molecule has 0 atom stereocenters. The minimum absolute atomic E-state index is 0.260. The summed E-state index contributed by atoms with van der Waals surface area (Å²) >= 11 is 0. The predicted molar refractivity (Wildman–Crippen MR) is 78.4 cm³/mol. The van der Waals surface area contributed by atoms with E-state index in [0.29, 0.717) is 17.0 Å². The van der Waals surface area contributed by atoms with Crippen molar-refractivity contribution in [2.45, 2.75) is 6.92 Å². The van der Waals surface area contributed by atoms with Crippen molar-refractivity contribution in [3.8, 4) is 11.5 Å². The Labute approximate surface area is 122 Å². The van der Waals surface area contributed by atoms with Gasteiger partial charge in [-0.25, -0.2) is 4.39 Å². The van der Waals surface area contributed by atoms with Crippen molar-refractivity contribution in [3.63, 3.8) is 0 Å². The highest BCUT2D eigenvalue weighted by atomic mass is 19.1. The topological polar surface area (TPSA) is 58.9 Å². The van der Waals surface area contributed by atoms with Gasteiger partial charge >= 0.3 is 7.12 Å². The largest absolute Gasteiger partial charge is 0.490 e. The molecule has 0 saturated carbocycles. The van der Waals surface area contributed by atoms with Gasteiger partial charge in [0.25, 0.3) is 0 Å². The van der Waals surface area contributed by atoms with E-state index in [-0.39, 0.29) is 19.0 Å². The smallest absolute Gasteiger partial charge is 0.488 e. The molecule has 0 spiro atoms. The van der Waals surface area contributed by atoms with Crippen molar-refractivity contribution in [1.82, 2.24) is 0 Å². The molecule has 0 saturated heterocycles. The Balaban J connectivity index is 1.84. The van der Waals surface area contributed by atoms with Crippen LogP contribution in [-0.4, -0.2) is 30.4 Å². The molecule has 0 heterocycles. The second kappa shape index (κ2) is 7.10. The lowest BCUT2D eigenvalue weighted by molar-refractivity contribution is 0.216. The van der Waals surface area contributed by atoms with Gasteiger partial charge in [-0.2, -0.15) is 0 Å². The van der Waals surface area contributed by atoms with E-state index < -0.39 is 7.12 Å². The fourth-order valence-electron chi connectivity index (χ4n) is 1.81. The Morgan fingerprint density at radius 3 is 2.57 bits per heavy atom. The SMILES string of the molecule is Cc1ccc(F)cc1OCCOc1cccc(B(O)O)c1. The summed E-state index contributed by atoms with van der Waals surface area (Å²) in [6.45, 7) is 2.36. The van der Waals surface area contributed by atoms with Crippen LogP contribution in [0.5, 0.6) is 11.5 Å². The Kier molecular flexibility index (Phi) is 5.19. The van der Waals surface area contributed by atoms with E-state index in [9.17, 15) is 4.39 Å². The van der Waals surface area contributed by atoms with Crippen LogP contribution in [0, 0.1) is 12.7 Å². The quantitative estimate of drug-likeness (QED) is 0.621. The first-order valence-electron chi connectivity index (χ1n) is 6.54. The molecule has 6 heteroatoms. The molecular weight excluding hydrogens is 274 g/mol. The van der Waals surface area contributed by atoms with Gasteiger partial charge in [0.1, 0.15) is 30.5 Å². The van der Waals surface area contributed by atoms with Crippen LogP contribution in [0.4, 0.5) is 4.39 Å². The molecule has 21 heavy (non-hydrogen) atoms. The minimum Gasteiger partial charge on any atom is -0.490 e. The van der Waals surface area contributed by atoms with Crippen LogP contribution in [0.2, 0.25) is 0 Å². The zero-order valence-electron chi connectivity index (χ0n) is 11.6. The van der Waals surface area contributed by atoms with Crippen LogP contribution in [0.3, 0.4) is 0 Å². The van der Waals surface area contributed by atoms with Crippen molar-refractivity contribution in [2.24, 2.45) is 0 Å². The molecule has 2 aromatic carbocycles. The number of halogens is 1. The maximum Gasteiger partial charge on any atom is 0.488 e. The highest BCUT2D eigenvalue weighted by Crippen LogP contribution is 2.18. The van der Waals surface area contributed by atoms with Gasteiger partial charge < -0.3 is 19.5 Å². The highest BCUT2D eigenvalue weighted by Gasteiger charge is 2.11. The van der Waals surface area contributed by atoms with Gasteiger partial charge in [-0.15, -0.1) is 0 Å². The monoisotopic (exact) mass is 290 g/mol. The predicted octanol–water partition coefficient (Wildman–Crippen LogP) is 1.27. The molecule has 0 aliphatic carbocycles.